The number of aryl methyl sites for hydroxylation is 1. The first-order chi connectivity index (χ1) is 13.7. The summed E-state index contributed by atoms with van der Waals surface area (Å²) >= 11 is 0. The summed E-state index contributed by atoms with van der Waals surface area (Å²) in [5, 5.41) is 0. The van der Waals surface area contributed by atoms with E-state index >= 15 is 0 Å². The summed E-state index contributed by atoms with van der Waals surface area (Å²) in [4.78, 5) is 16.6. The lowest BCUT2D eigenvalue weighted by molar-refractivity contribution is -0.136. The van der Waals surface area contributed by atoms with Gasteiger partial charge in [-0.2, -0.15) is 0 Å². The van der Waals surface area contributed by atoms with Crippen LogP contribution in [0.1, 0.15) is 17.5 Å². The van der Waals surface area contributed by atoms with Gasteiger partial charge in [-0.3, -0.25) is 4.79 Å². The van der Waals surface area contributed by atoms with Crippen LogP contribution < -0.4 is 9.64 Å². The molecule has 1 aliphatic rings. The van der Waals surface area contributed by atoms with E-state index in [1.807, 2.05) is 74.4 Å². The molecular formula is C22H28N2O4S. The van der Waals surface area contributed by atoms with E-state index in [0.29, 0.717) is 18.7 Å². The van der Waals surface area contributed by atoms with Gasteiger partial charge in [0.15, 0.2) is 16.4 Å². The number of carbonyl (C=O) groups is 1. The van der Waals surface area contributed by atoms with Crippen LogP contribution >= 0.6 is 0 Å². The van der Waals surface area contributed by atoms with E-state index in [1.165, 1.54) is 0 Å². The summed E-state index contributed by atoms with van der Waals surface area (Å²) in [6.07, 6.45) is 0.467. The lowest BCUT2D eigenvalue weighted by Crippen LogP contribution is -2.43. The van der Waals surface area contributed by atoms with Crippen LogP contribution in [0.5, 0.6) is 5.75 Å². The van der Waals surface area contributed by atoms with Crippen LogP contribution in [0.15, 0.2) is 48.5 Å². The van der Waals surface area contributed by atoms with E-state index in [0.717, 1.165) is 16.8 Å². The SMILES string of the molecule is Cc1ccc(OCC(=O)N(Cc2ccc(N(C)C)cc2)[C@@H]2CCS(=O)(=O)C2)cc1. The van der Waals surface area contributed by atoms with Crippen LogP contribution in [0, 0.1) is 6.92 Å². The van der Waals surface area contributed by atoms with Gasteiger partial charge in [0.25, 0.3) is 5.91 Å². The van der Waals surface area contributed by atoms with Crippen molar-refractivity contribution in [2.45, 2.75) is 25.9 Å². The average molecular weight is 417 g/mol. The monoisotopic (exact) mass is 416 g/mol. The van der Waals surface area contributed by atoms with Crippen molar-refractivity contribution in [2.24, 2.45) is 0 Å². The molecule has 2 aromatic rings. The lowest BCUT2D eigenvalue weighted by Gasteiger charge is -2.28. The second-order valence-corrected chi connectivity index (χ2v) is 9.97. The van der Waals surface area contributed by atoms with Gasteiger partial charge in [0.05, 0.1) is 11.5 Å². The number of amides is 1. The standard InChI is InChI=1S/C22H28N2O4S/c1-17-4-10-21(11-5-17)28-15-22(25)24(20-12-13-29(26,27)16-20)14-18-6-8-19(9-7-18)23(2)3/h4-11,20H,12-16H2,1-3H3/t20-/m1/s1. The van der Waals surface area contributed by atoms with Gasteiger partial charge in [-0.25, -0.2) is 8.42 Å². The van der Waals surface area contributed by atoms with Crippen LogP contribution in [-0.4, -0.2) is 57.5 Å². The Hall–Kier alpha value is -2.54. The zero-order valence-electron chi connectivity index (χ0n) is 17.2. The number of hydrogen-bond donors (Lipinski definition) is 0. The smallest absolute Gasteiger partial charge is 0.261 e. The summed E-state index contributed by atoms with van der Waals surface area (Å²) in [5.41, 5.74) is 3.14. The number of nitrogens with zero attached hydrogens (tertiary/aromatic N) is 2. The minimum atomic E-state index is -3.10. The molecule has 0 spiro atoms. The second kappa shape index (κ2) is 8.86. The fraction of sp³-hybridized carbons (Fsp3) is 0.409. The average Bonchev–Trinajstić information content (AvgIpc) is 3.05. The molecule has 7 heteroatoms. The molecule has 0 bridgehead atoms. The molecule has 1 heterocycles. The Morgan fingerprint density at radius 2 is 1.72 bits per heavy atom. The molecule has 1 atom stereocenters. The molecule has 0 aliphatic carbocycles. The molecule has 2 aromatic carbocycles. The maximum absolute atomic E-state index is 13.0. The van der Waals surface area contributed by atoms with Crippen LogP contribution in [0.4, 0.5) is 5.69 Å². The number of anilines is 1. The predicted octanol–water partition coefficient (Wildman–Crippen LogP) is 2.66. The highest BCUT2D eigenvalue weighted by Crippen LogP contribution is 2.22. The topological polar surface area (TPSA) is 66.9 Å². The fourth-order valence-corrected chi connectivity index (χ4v) is 5.13. The van der Waals surface area contributed by atoms with Crippen LogP contribution in [0.3, 0.4) is 0 Å². The summed E-state index contributed by atoms with van der Waals surface area (Å²) in [6.45, 7) is 2.23. The van der Waals surface area contributed by atoms with Crippen LogP contribution in [0.2, 0.25) is 0 Å². The van der Waals surface area contributed by atoms with E-state index < -0.39 is 9.84 Å². The summed E-state index contributed by atoms with van der Waals surface area (Å²) in [5.74, 6) is 0.557. The van der Waals surface area contributed by atoms with Gasteiger partial charge < -0.3 is 14.5 Å². The molecule has 1 aliphatic heterocycles. The molecule has 1 saturated heterocycles. The Kier molecular flexibility index (Phi) is 6.47. The zero-order valence-corrected chi connectivity index (χ0v) is 18.0. The highest BCUT2D eigenvalue weighted by Gasteiger charge is 2.34. The molecule has 1 amide bonds. The Bertz CT molecular complexity index is 938. The van der Waals surface area contributed by atoms with E-state index in [4.69, 9.17) is 4.74 Å². The van der Waals surface area contributed by atoms with Crippen molar-refractivity contribution in [3.63, 3.8) is 0 Å². The molecule has 156 valence electrons. The van der Waals surface area contributed by atoms with Crippen molar-refractivity contribution < 1.29 is 17.9 Å². The van der Waals surface area contributed by atoms with Crippen molar-refractivity contribution in [3.05, 3.63) is 59.7 Å². The molecule has 6 nitrogen and oxygen atoms in total. The van der Waals surface area contributed by atoms with E-state index in [-0.39, 0.29) is 30.1 Å². The Morgan fingerprint density at radius 3 is 2.28 bits per heavy atom. The van der Waals surface area contributed by atoms with Gasteiger partial charge in [0, 0.05) is 32.4 Å². The third-order valence-electron chi connectivity index (χ3n) is 5.16. The number of hydrogen-bond acceptors (Lipinski definition) is 5. The lowest BCUT2D eigenvalue weighted by atomic mass is 10.1. The first-order valence-corrected chi connectivity index (χ1v) is 11.5. The normalized spacial score (nSPS) is 17.7. The molecule has 0 aromatic heterocycles. The third-order valence-corrected chi connectivity index (χ3v) is 6.91. The van der Waals surface area contributed by atoms with Crippen molar-refractivity contribution >= 4 is 21.4 Å². The highest BCUT2D eigenvalue weighted by atomic mass is 32.2. The van der Waals surface area contributed by atoms with E-state index in [1.54, 1.807) is 4.90 Å². The number of benzene rings is 2. The number of carbonyl (C=O) groups excluding carboxylic acids is 1. The van der Waals surface area contributed by atoms with Gasteiger partial charge in [0.2, 0.25) is 0 Å². The molecule has 29 heavy (non-hydrogen) atoms. The van der Waals surface area contributed by atoms with Gasteiger partial charge in [-0.15, -0.1) is 0 Å². The minimum absolute atomic E-state index is 0.0129. The van der Waals surface area contributed by atoms with E-state index in [9.17, 15) is 13.2 Å². The van der Waals surface area contributed by atoms with Crippen molar-refractivity contribution in [1.82, 2.24) is 4.90 Å². The second-order valence-electron chi connectivity index (χ2n) is 7.74. The summed E-state index contributed by atoms with van der Waals surface area (Å²) in [7, 11) is 0.840. The molecule has 0 unspecified atom stereocenters. The van der Waals surface area contributed by atoms with Crippen molar-refractivity contribution in [3.8, 4) is 5.75 Å². The van der Waals surface area contributed by atoms with Gasteiger partial charge in [-0.05, 0) is 43.2 Å². The largest absolute Gasteiger partial charge is 0.484 e. The molecule has 1 fully saturated rings. The summed E-state index contributed by atoms with van der Waals surface area (Å²) in [6, 6.07) is 15.1. The minimum Gasteiger partial charge on any atom is -0.484 e. The predicted molar refractivity (Wildman–Crippen MR) is 115 cm³/mol. The molecule has 0 N–H and O–H groups in total. The van der Waals surface area contributed by atoms with Crippen molar-refractivity contribution in [1.29, 1.82) is 0 Å². The van der Waals surface area contributed by atoms with Gasteiger partial charge in [0.1, 0.15) is 5.75 Å². The first kappa shape index (κ1) is 21.2. The highest BCUT2D eigenvalue weighted by molar-refractivity contribution is 7.91. The molecule has 0 saturated carbocycles. The van der Waals surface area contributed by atoms with Gasteiger partial charge >= 0.3 is 0 Å². The first-order valence-electron chi connectivity index (χ1n) is 9.69. The third kappa shape index (κ3) is 5.73. The Labute approximate surface area is 173 Å². The quantitative estimate of drug-likeness (QED) is 0.694. The zero-order chi connectivity index (χ0) is 21.0. The Morgan fingerprint density at radius 1 is 1.07 bits per heavy atom. The number of rotatable bonds is 7. The fourth-order valence-electron chi connectivity index (χ4n) is 3.40. The molecule has 0 radical (unpaired) electrons. The van der Waals surface area contributed by atoms with Crippen LogP contribution in [0.25, 0.3) is 0 Å². The maximum atomic E-state index is 13.0. The maximum Gasteiger partial charge on any atom is 0.261 e. The van der Waals surface area contributed by atoms with Crippen molar-refractivity contribution in [2.75, 3.05) is 37.1 Å². The number of ether oxygens (including phenoxy) is 1. The van der Waals surface area contributed by atoms with Crippen LogP contribution in [-0.2, 0) is 21.2 Å². The van der Waals surface area contributed by atoms with Gasteiger partial charge in [-0.1, -0.05) is 29.8 Å². The Balaban J connectivity index is 1.73. The summed E-state index contributed by atoms with van der Waals surface area (Å²) < 4.78 is 29.6. The number of sulfone groups is 1. The van der Waals surface area contributed by atoms with E-state index in [2.05, 4.69) is 0 Å². The molecular weight excluding hydrogens is 388 g/mol. The molecule has 3 rings (SSSR count).